The van der Waals surface area contributed by atoms with Crippen LogP contribution in [0, 0.1) is 0 Å². The summed E-state index contributed by atoms with van der Waals surface area (Å²) in [5, 5.41) is 4.12. The summed E-state index contributed by atoms with van der Waals surface area (Å²) in [7, 11) is 1.85. The lowest BCUT2D eigenvalue weighted by Crippen LogP contribution is -2.00. The Bertz CT molecular complexity index is 727. The lowest BCUT2D eigenvalue weighted by molar-refractivity contribution is 0.302. The maximum atomic E-state index is 5.77. The molecule has 0 spiro atoms. The molecule has 20 heavy (non-hydrogen) atoms. The Morgan fingerprint density at radius 3 is 2.95 bits per heavy atom. The van der Waals surface area contributed by atoms with Crippen LogP contribution in [0.25, 0.3) is 10.9 Å². The first-order chi connectivity index (χ1) is 9.85. The molecule has 0 aliphatic heterocycles. The molecule has 2 aromatic heterocycles. The van der Waals surface area contributed by atoms with Gasteiger partial charge >= 0.3 is 0 Å². The minimum atomic E-state index is 0.438. The van der Waals surface area contributed by atoms with Crippen molar-refractivity contribution in [2.24, 2.45) is 0 Å². The number of hydrogen-bond donors (Lipinski definition) is 1. The molecule has 0 bridgehead atoms. The summed E-state index contributed by atoms with van der Waals surface area (Å²) in [4.78, 5) is 8.74. The van der Waals surface area contributed by atoms with E-state index in [4.69, 9.17) is 4.74 Å². The summed E-state index contributed by atoms with van der Waals surface area (Å²) in [5.41, 5.74) is 1.82. The zero-order valence-corrected chi connectivity index (χ0v) is 11.2. The first-order valence-corrected chi connectivity index (χ1v) is 6.46. The molecular formula is C16H15N3O. The van der Waals surface area contributed by atoms with Gasteiger partial charge in [-0.15, -0.1) is 0 Å². The van der Waals surface area contributed by atoms with Crippen LogP contribution in [0.2, 0.25) is 0 Å². The number of fused-ring (bicyclic) bond motifs is 1. The van der Waals surface area contributed by atoms with E-state index in [-0.39, 0.29) is 0 Å². The van der Waals surface area contributed by atoms with Gasteiger partial charge in [0.25, 0.3) is 0 Å². The second-order valence-electron chi connectivity index (χ2n) is 4.41. The summed E-state index contributed by atoms with van der Waals surface area (Å²) in [6.07, 6.45) is 1.78. The highest BCUT2D eigenvalue weighted by Crippen LogP contribution is 2.19. The van der Waals surface area contributed by atoms with Gasteiger partial charge in [-0.3, -0.25) is 4.98 Å². The summed E-state index contributed by atoms with van der Waals surface area (Å²) in [6.45, 7) is 0.438. The normalized spacial score (nSPS) is 10.4. The number of nitrogens with zero attached hydrogens (tertiary/aromatic N) is 2. The molecule has 100 valence electrons. The number of nitrogens with one attached hydrogen (secondary N) is 1. The largest absolute Gasteiger partial charge is 0.487 e. The van der Waals surface area contributed by atoms with Crippen LogP contribution in [0.3, 0.4) is 0 Å². The van der Waals surface area contributed by atoms with Crippen molar-refractivity contribution in [2.45, 2.75) is 6.61 Å². The summed E-state index contributed by atoms with van der Waals surface area (Å²) in [5.74, 6) is 1.64. The Balaban J connectivity index is 1.76. The molecule has 0 atom stereocenters. The predicted octanol–water partition coefficient (Wildman–Crippen LogP) is 3.25. The van der Waals surface area contributed by atoms with Crippen molar-refractivity contribution in [3.63, 3.8) is 0 Å². The number of benzene rings is 1. The molecule has 1 aromatic carbocycles. The highest BCUT2D eigenvalue weighted by Gasteiger charge is 2.00. The van der Waals surface area contributed by atoms with E-state index in [9.17, 15) is 0 Å². The SMILES string of the molecule is CNc1cccc(COc2ccc3cccnc3c2)n1. The molecule has 0 unspecified atom stereocenters. The molecular weight excluding hydrogens is 250 g/mol. The number of pyridine rings is 2. The van der Waals surface area contributed by atoms with E-state index in [1.807, 2.05) is 55.6 Å². The van der Waals surface area contributed by atoms with Crippen molar-refractivity contribution in [3.8, 4) is 5.75 Å². The molecule has 2 heterocycles. The smallest absolute Gasteiger partial charge is 0.130 e. The quantitative estimate of drug-likeness (QED) is 0.786. The Kier molecular flexibility index (Phi) is 3.46. The van der Waals surface area contributed by atoms with E-state index in [1.54, 1.807) is 6.20 Å². The van der Waals surface area contributed by atoms with Crippen LogP contribution in [0.5, 0.6) is 5.75 Å². The monoisotopic (exact) mass is 265 g/mol. The van der Waals surface area contributed by atoms with Crippen LogP contribution in [0.15, 0.2) is 54.7 Å². The fourth-order valence-electron chi connectivity index (χ4n) is 1.99. The van der Waals surface area contributed by atoms with Gasteiger partial charge in [0.15, 0.2) is 0 Å². The van der Waals surface area contributed by atoms with Gasteiger partial charge < -0.3 is 10.1 Å². The van der Waals surface area contributed by atoms with Crippen molar-refractivity contribution in [3.05, 3.63) is 60.4 Å². The predicted molar refractivity (Wildman–Crippen MR) is 79.9 cm³/mol. The molecule has 1 N–H and O–H groups in total. The average molecular weight is 265 g/mol. The lowest BCUT2D eigenvalue weighted by Gasteiger charge is -2.07. The second kappa shape index (κ2) is 5.57. The number of aromatic nitrogens is 2. The Morgan fingerprint density at radius 2 is 2.05 bits per heavy atom. The fraction of sp³-hybridized carbons (Fsp3) is 0.125. The van der Waals surface area contributed by atoms with E-state index < -0.39 is 0 Å². The maximum Gasteiger partial charge on any atom is 0.130 e. The molecule has 0 saturated carbocycles. The minimum absolute atomic E-state index is 0.438. The van der Waals surface area contributed by atoms with Gasteiger partial charge in [-0.2, -0.15) is 0 Å². The molecule has 0 amide bonds. The Morgan fingerprint density at radius 1 is 1.10 bits per heavy atom. The van der Waals surface area contributed by atoms with E-state index in [1.165, 1.54) is 0 Å². The Hall–Kier alpha value is -2.62. The van der Waals surface area contributed by atoms with Gasteiger partial charge in [-0.1, -0.05) is 12.1 Å². The summed E-state index contributed by atoms with van der Waals surface area (Å²) in [6, 6.07) is 15.7. The van der Waals surface area contributed by atoms with Crippen LogP contribution in [-0.2, 0) is 6.61 Å². The molecule has 0 saturated heterocycles. The lowest BCUT2D eigenvalue weighted by atomic mass is 10.2. The molecule has 0 radical (unpaired) electrons. The standard InChI is InChI=1S/C16H15N3O/c1-17-16-6-2-5-13(19-16)11-20-14-8-7-12-4-3-9-18-15(12)10-14/h2-10H,11H2,1H3,(H,17,19). The van der Waals surface area contributed by atoms with E-state index >= 15 is 0 Å². The van der Waals surface area contributed by atoms with Crippen LogP contribution in [0.4, 0.5) is 5.82 Å². The molecule has 4 heteroatoms. The van der Waals surface area contributed by atoms with Gasteiger partial charge in [-0.25, -0.2) is 4.98 Å². The number of rotatable bonds is 4. The molecule has 0 fully saturated rings. The van der Waals surface area contributed by atoms with Gasteiger partial charge in [0.05, 0.1) is 11.2 Å². The van der Waals surface area contributed by atoms with E-state index in [0.29, 0.717) is 6.61 Å². The highest BCUT2D eigenvalue weighted by atomic mass is 16.5. The summed E-state index contributed by atoms with van der Waals surface area (Å²) >= 11 is 0. The first kappa shape index (κ1) is 12.4. The topological polar surface area (TPSA) is 47.0 Å². The number of anilines is 1. The molecule has 4 nitrogen and oxygen atoms in total. The number of ether oxygens (including phenoxy) is 1. The van der Waals surface area contributed by atoms with Gasteiger partial charge in [0.2, 0.25) is 0 Å². The fourth-order valence-corrected chi connectivity index (χ4v) is 1.99. The van der Waals surface area contributed by atoms with Gasteiger partial charge in [0.1, 0.15) is 18.2 Å². The van der Waals surface area contributed by atoms with Crippen molar-refractivity contribution in [2.75, 3.05) is 12.4 Å². The van der Waals surface area contributed by atoms with Gasteiger partial charge in [-0.05, 0) is 30.3 Å². The molecule has 0 aliphatic carbocycles. The molecule has 3 rings (SSSR count). The third-order valence-corrected chi connectivity index (χ3v) is 3.03. The van der Waals surface area contributed by atoms with Crippen LogP contribution in [0.1, 0.15) is 5.69 Å². The van der Waals surface area contributed by atoms with Crippen molar-refractivity contribution >= 4 is 16.7 Å². The molecule has 3 aromatic rings. The third-order valence-electron chi connectivity index (χ3n) is 3.03. The zero-order chi connectivity index (χ0) is 13.8. The number of hydrogen-bond acceptors (Lipinski definition) is 4. The second-order valence-corrected chi connectivity index (χ2v) is 4.41. The zero-order valence-electron chi connectivity index (χ0n) is 11.2. The third kappa shape index (κ3) is 2.69. The van der Waals surface area contributed by atoms with Crippen molar-refractivity contribution in [1.82, 2.24) is 9.97 Å². The average Bonchev–Trinajstić information content (AvgIpc) is 2.53. The highest BCUT2D eigenvalue weighted by molar-refractivity contribution is 5.79. The van der Waals surface area contributed by atoms with Crippen LogP contribution < -0.4 is 10.1 Å². The molecule has 0 aliphatic rings. The maximum absolute atomic E-state index is 5.77. The van der Waals surface area contributed by atoms with Crippen LogP contribution >= 0.6 is 0 Å². The minimum Gasteiger partial charge on any atom is -0.487 e. The van der Waals surface area contributed by atoms with E-state index in [0.717, 1.165) is 28.2 Å². The van der Waals surface area contributed by atoms with Crippen LogP contribution in [-0.4, -0.2) is 17.0 Å². The first-order valence-electron chi connectivity index (χ1n) is 6.46. The van der Waals surface area contributed by atoms with Crippen molar-refractivity contribution < 1.29 is 4.74 Å². The van der Waals surface area contributed by atoms with E-state index in [2.05, 4.69) is 15.3 Å². The van der Waals surface area contributed by atoms with Crippen molar-refractivity contribution in [1.29, 1.82) is 0 Å². The van der Waals surface area contributed by atoms with Gasteiger partial charge in [0, 0.05) is 24.7 Å². The summed E-state index contributed by atoms with van der Waals surface area (Å²) < 4.78 is 5.77. The Labute approximate surface area is 117 Å².